The van der Waals surface area contributed by atoms with E-state index in [2.05, 4.69) is 11.4 Å². The van der Waals surface area contributed by atoms with Crippen molar-refractivity contribution in [1.29, 1.82) is 0 Å². The second-order valence-corrected chi connectivity index (χ2v) is 4.36. The Morgan fingerprint density at radius 2 is 2.28 bits per heavy atom. The fourth-order valence-electron chi connectivity index (χ4n) is 2.05. The highest BCUT2D eigenvalue weighted by molar-refractivity contribution is 5.42. The van der Waals surface area contributed by atoms with Crippen LogP contribution >= 0.6 is 0 Å². The van der Waals surface area contributed by atoms with Crippen molar-refractivity contribution in [2.75, 3.05) is 26.9 Å². The summed E-state index contributed by atoms with van der Waals surface area (Å²) in [4.78, 5) is 0. The molecule has 2 rings (SSSR count). The highest BCUT2D eigenvalue weighted by Gasteiger charge is 2.14. The van der Waals surface area contributed by atoms with Gasteiger partial charge in [0.1, 0.15) is 0 Å². The Labute approximate surface area is 108 Å². The van der Waals surface area contributed by atoms with Crippen LogP contribution in [0.1, 0.15) is 18.9 Å². The Hall–Kier alpha value is -1.26. The highest BCUT2D eigenvalue weighted by Crippen LogP contribution is 2.28. The first-order valence-electron chi connectivity index (χ1n) is 6.44. The molecule has 1 aromatic carbocycles. The average Bonchev–Trinajstić information content (AvgIpc) is 2.91. The molecule has 0 aliphatic carbocycles. The smallest absolute Gasteiger partial charge is 0.161 e. The van der Waals surface area contributed by atoms with Gasteiger partial charge < -0.3 is 19.5 Å². The van der Waals surface area contributed by atoms with Gasteiger partial charge in [0.15, 0.2) is 11.5 Å². The number of methoxy groups -OCH3 is 1. The molecular formula is C14H21NO3. The summed E-state index contributed by atoms with van der Waals surface area (Å²) < 4.78 is 16.2. The summed E-state index contributed by atoms with van der Waals surface area (Å²) in [6.07, 6.45) is 1.09. The molecule has 4 nitrogen and oxygen atoms in total. The summed E-state index contributed by atoms with van der Waals surface area (Å²) in [7, 11) is 1.67. The Morgan fingerprint density at radius 3 is 2.94 bits per heavy atom. The topological polar surface area (TPSA) is 39.7 Å². The summed E-state index contributed by atoms with van der Waals surface area (Å²) in [6.45, 7) is 5.12. The molecule has 4 heteroatoms. The van der Waals surface area contributed by atoms with Gasteiger partial charge in [-0.1, -0.05) is 6.07 Å². The van der Waals surface area contributed by atoms with Gasteiger partial charge in [-0.3, -0.25) is 0 Å². The van der Waals surface area contributed by atoms with E-state index in [1.807, 2.05) is 19.1 Å². The van der Waals surface area contributed by atoms with Crippen molar-refractivity contribution < 1.29 is 14.2 Å². The zero-order chi connectivity index (χ0) is 12.8. The maximum Gasteiger partial charge on any atom is 0.161 e. The fourth-order valence-corrected chi connectivity index (χ4v) is 2.05. The lowest BCUT2D eigenvalue weighted by Gasteiger charge is -2.13. The van der Waals surface area contributed by atoms with E-state index in [-0.39, 0.29) is 0 Å². The molecule has 100 valence electrons. The molecule has 1 heterocycles. The van der Waals surface area contributed by atoms with E-state index in [1.54, 1.807) is 7.11 Å². The third-order valence-electron chi connectivity index (χ3n) is 3.05. The fraction of sp³-hybridized carbons (Fsp3) is 0.571. The van der Waals surface area contributed by atoms with Crippen molar-refractivity contribution >= 4 is 0 Å². The summed E-state index contributed by atoms with van der Waals surface area (Å²) in [6, 6.07) is 6.52. The average molecular weight is 251 g/mol. The van der Waals surface area contributed by atoms with Gasteiger partial charge in [0.05, 0.1) is 20.3 Å². The van der Waals surface area contributed by atoms with E-state index < -0.39 is 0 Å². The van der Waals surface area contributed by atoms with Gasteiger partial charge in [-0.2, -0.15) is 0 Å². The Kier molecular flexibility index (Phi) is 4.84. The minimum atomic E-state index is 0.475. The third-order valence-corrected chi connectivity index (χ3v) is 3.05. The molecule has 1 unspecified atom stereocenters. The molecule has 0 spiro atoms. The zero-order valence-electron chi connectivity index (χ0n) is 11.1. The second kappa shape index (κ2) is 6.61. The summed E-state index contributed by atoms with van der Waals surface area (Å²) in [5.41, 5.74) is 1.20. The first-order chi connectivity index (χ1) is 8.83. The summed E-state index contributed by atoms with van der Waals surface area (Å²) in [5.74, 6) is 1.59. The van der Waals surface area contributed by atoms with Crippen LogP contribution in [0, 0.1) is 0 Å². The first-order valence-corrected chi connectivity index (χ1v) is 6.44. The van der Waals surface area contributed by atoms with Gasteiger partial charge in [0.25, 0.3) is 0 Å². The lowest BCUT2D eigenvalue weighted by Crippen LogP contribution is -2.28. The number of benzene rings is 1. The Balaban J connectivity index is 1.95. The number of hydrogen-bond acceptors (Lipinski definition) is 4. The van der Waals surface area contributed by atoms with Crippen LogP contribution < -0.4 is 14.8 Å². The molecule has 1 fully saturated rings. The molecule has 1 aliphatic rings. The Morgan fingerprint density at radius 1 is 1.39 bits per heavy atom. The van der Waals surface area contributed by atoms with E-state index in [1.165, 1.54) is 5.56 Å². The standard InChI is InChI=1S/C14H21NO3/c1-3-18-13-5-4-11(8-14(13)16-2)9-15-12-6-7-17-10-12/h4-5,8,12,15H,3,6-7,9-10H2,1-2H3. The van der Waals surface area contributed by atoms with Crippen LogP contribution in [0.4, 0.5) is 0 Å². The molecule has 1 aromatic rings. The van der Waals surface area contributed by atoms with Gasteiger partial charge in [-0.05, 0) is 31.0 Å². The van der Waals surface area contributed by atoms with E-state index in [9.17, 15) is 0 Å². The molecule has 1 aliphatic heterocycles. The predicted octanol–water partition coefficient (Wildman–Crippen LogP) is 1.97. The van der Waals surface area contributed by atoms with Gasteiger partial charge in [0.2, 0.25) is 0 Å². The molecular weight excluding hydrogens is 230 g/mol. The Bertz CT molecular complexity index is 375. The van der Waals surface area contributed by atoms with Crippen molar-refractivity contribution in [3.05, 3.63) is 23.8 Å². The van der Waals surface area contributed by atoms with Crippen molar-refractivity contribution in [2.24, 2.45) is 0 Å². The van der Waals surface area contributed by atoms with Gasteiger partial charge >= 0.3 is 0 Å². The van der Waals surface area contributed by atoms with E-state index in [0.29, 0.717) is 12.6 Å². The number of ether oxygens (including phenoxy) is 3. The summed E-state index contributed by atoms with van der Waals surface area (Å²) in [5, 5.41) is 3.48. The lowest BCUT2D eigenvalue weighted by atomic mass is 10.1. The zero-order valence-corrected chi connectivity index (χ0v) is 11.1. The minimum absolute atomic E-state index is 0.475. The van der Waals surface area contributed by atoms with Crippen LogP contribution in [0.2, 0.25) is 0 Å². The molecule has 0 bridgehead atoms. The summed E-state index contributed by atoms with van der Waals surface area (Å²) >= 11 is 0. The molecule has 18 heavy (non-hydrogen) atoms. The molecule has 0 amide bonds. The van der Waals surface area contributed by atoms with Crippen LogP contribution in [0.25, 0.3) is 0 Å². The molecule has 0 radical (unpaired) electrons. The van der Waals surface area contributed by atoms with Crippen LogP contribution in [-0.2, 0) is 11.3 Å². The molecule has 0 saturated carbocycles. The van der Waals surface area contributed by atoms with Crippen LogP contribution in [-0.4, -0.2) is 33.0 Å². The molecule has 1 saturated heterocycles. The number of hydrogen-bond donors (Lipinski definition) is 1. The monoisotopic (exact) mass is 251 g/mol. The van der Waals surface area contributed by atoms with Crippen LogP contribution in [0.3, 0.4) is 0 Å². The van der Waals surface area contributed by atoms with Gasteiger partial charge in [-0.15, -0.1) is 0 Å². The van der Waals surface area contributed by atoms with Gasteiger partial charge in [0, 0.05) is 19.2 Å². The lowest BCUT2D eigenvalue weighted by molar-refractivity contribution is 0.190. The molecule has 1 N–H and O–H groups in total. The van der Waals surface area contributed by atoms with Crippen molar-refractivity contribution in [2.45, 2.75) is 25.9 Å². The largest absolute Gasteiger partial charge is 0.493 e. The van der Waals surface area contributed by atoms with E-state index in [0.717, 1.165) is 37.7 Å². The highest BCUT2D eigenvalue weighted by atomic mass is 16.5. The van der Waals surface area contributed by atoms with E-state index in [4.69, 9.17) is 14.2 Å². The molecule has 0 aromatic heterocycles. The SMILES string of the molecule is CCOc1ccc(CNC2CCOC2)cc1OC. The van der Waals surface area contributed by atoms with Gasteiger partial charge in [-0.25, -0.2) is 0 Å². The quantitative estimate of drug-likeness (QED) is 0.839. The normalized spacial score (nSPS) is 18.9. The maximum atomic E-state index is 5.50. The van der Waals surface area contributed by atoms with E-state index >= 15 is 0 Å². The maximum absolute atomic E-state index is 5.50. The minimum Gasteiger partial charge on any atom is -0.493 e. The second-order valence-electron chi connectivity index (χ2n) is 4.36. The first kappa shape index (κ1) is 13.2. The van der Waals surface area contributed by atoms with Crippen molar-refractivity contribution in [1.82, 2.24) is 5.32 Å². The predicted molar refractivity (Wildman–Crippen MR) is 70.2 cm³/mol. The van der Waals surface area contributed by atoms with Crippen molar-refractivity contribution in [3.63, 3.8) is 0 Å². The third kappa shape index (κ3) is 3.37. The van der Waals surface area contributed by atoms with Crippen LogP contribution in [0.5, 0.6) is 11.5 Å². The molecule has 1 atom stereocenters. The number of rotatable bonds is 6. The van der Waals surface area contributed by atoms with Crippen molar-refractivity contribution in [3.8, 4) is 11.5 Å². The number of nitrogens with one attached hydrogen (secondary N) is 1. The van der Waals surface area contributed by atoms with Crippen LogP contribution in [0.15, 0.2) is 18.2 Å².